The molecule has 0 aromatic heterocycles. The van der Waals surface area contributed by atoms with Crippen LogP contribution >= 0.6 is 0 Å². The summed E-state index contributed by atoms with van der Waals surface area (Å²) in [5.74, 6) is -2.86. The van der Waals surface area contributed by atoms with Crippen LogP contribution in [0.15, 0.2) is 46.9 Å². The number of halogens is 3. The van der Waals surface area contributed by atoms with Crippen LogP contribution in [0.3, 0.4) is 0 Å². The summed E-state index contributed by atoms with van der Waals surface area (Å²) in [6.45, 7) is 0.819. The van der Waals surface area contributed by atoms with Crippen LogP contribution in [-0.2, 0) is 9.53 Å². The van der Waals surface area contributed by atoms with Crippen molar-refractivity contribution >= 4 is 11.7 Å². The molecule has 0 aliphatic carbocycles. The highest BCUT2D eigenvalue weighted by atomic mass is 19.4. The smallest absolute Gasteiger partial charge is 0.422 e. The number of nitrogens with zero attached hydrogens (tertiary/aromatic N) is 2. The van der Waals surface area contributed by atoms with E-state index in [0.717, 1.165) is 12.1 Å². The normalized spacial score (nSPS) is 17.2. The zero-order chi connectivity index (χ0) is 21.2. The van der Waals surface area contributed by atoms with Gasteiger partial charge in [0.2, 0.25) is 0 Å². The van der Waals surface area contributed by atoms with Gasteiger partial charge >= 0.3 is 12.1 Å². The third kappa shape index (κ3) is 4.45. The number of nitro groups is 2. The predicted molar refractivity (Wildman–Crippen MR) is 88.4 cm³/mol. The lowest BCUT2D eigenvalue weighted by atomic mass is 9.84. The molecule has 1 atom stereocenters. The number of hydrogen-bond acceptors (Lipinski definition) is 7. The van der Waals surface area contributed by atoms with Gasteiger partial charge in [0.25, 0.3) is 11.4 Å². The fraction of sp³-hybridized carbons (Fsp3) is 0.312. The molecule has 1 unspecified atom stereocenters. The predicted octanol–water partition coefficient (Wildman–Crippen LogP) is 3.17. The van der Waals surface area contributed by atoms with Gasteiger partial charge in [-0.1, -0.05) is 12.1 Å². The summed E-state index contributed by atoms with van der Waals surface area (Å²) in [5.41, 5.74) is -1.25. The zero-order valence-electron chi connectivity index (χ0n) is 14.6. The monoisotopic (exact) mass is 401 g/mol. The van der Waals surface area contributed by atoms with Crippen LogP contribution < -0.4 is 5.32 Å². The first-order valence-corrected chi connectivity index (χ1v) is 7.73. The maximum atomic E-state index is 12.4. The number of benzene rings is 1. The second-order valence-electron chi connectivity index (χ2n) is 5.91. The lowest BCUT2D eigenvalue weighted by Gasteiger charge is -2.26. The molecule has 1 aromatic carbocycles. The summed E-state index contributed by atoms with van der Waals surface area (Å²) < 4.78 is 41.5. The fourth-order valence-corrected chi connectivity index (χ4v) is 2.86. The van der Waals surface area contributed by atoms with Gasteiger partial charge in [0.1, 0.15) is 5.92 Å². The first kappa shape index (κ1) is 20.9. The van der Waals surface area contributed by atoms with Gasteiger partial charge in [-0.3, -0.25) is 20.2 Å². The molecule has 12 heteroatoms. The second kappa shape index (κ2) is 7.66. The molecule has 0 fully saturated rings. The molecule has 0 amide bonds. The van der Waals surface area contributed by atoms with Crippen LogP contribution in [0.1, 0.15) is 25.3 Å². The number of alkyl halides is 3. The van der Waals surface area contributed by atoms with Crippen molar-refractivity contribution in [2.45, 2.75) is 25.9 Å². The largest absolute Gasteiger partial charge is 0.453 e. The van der Waals surface area contributed by atoms with E-state index in [1.165, 1.54) is 26.0 Å². The molecular formula is C16H14F3N3O6. The highest BCUT2D eigenvalue weighted by Gasteiger charge is 2.42. The van der Waals surface area contributed by atoms with Crippen LogP contribution in [0.2, 0.25) is 0 Å². The highest BCUT2D eigenvalue weighted by Crippen LogP contribution is 2.39. The topological polar surface area (TPSA) is 125 Å². The molecule has 0 saturated carbocycles. The summed E-state index contributed by atoms with van der Waals surface area (Å²) >= 11 is 0. The van der Waals surface area contributed by atoms with Crippen molar-refractivity contribution in [2.24, 2.45) is 0 Å². The number of carbonyl (C=O) groups is 1. The van der Waals surface area contributed by atoms with E-state index in [2.05, 4.69) is 10.1 Å². The van der Waals surface area contributed by atoms with Gasteiger partial charge in [0.05, 0.1) is 21.1 Å². The number of nitro benzene ring substituents is 1. The van der Waals surface area contributed by atoms with Crippen molar-refractivity contribution in [1.82, 2.24) is 5.32 Å². The van der Waals surface area contributed by atoms with E-state index in [4.69, 9.17) is 0 Å². The Morgan fingerprint density at radius 3 is 2.36 bits per heavy atom. The Hall–Kier alpha value is -3.44. The maximum Gasteiger partial charge on any atom is 0.422 e. The number of allylic oxidation sites excluding steroid dienone is 3. The lowest BCUT2D eigenvalue weighted by molar-refractivity contribution is -0.431. The second-order valence-corrected chi connectivity index (χ2v) is 5.91. The minimum atomic E-state index is -4.79. The van der Waals surface area contributed by atoms with Crippen molar-refractivity contribution in [3.05, 3.63) is 72.7 Å². The van der Waals surface area contributed by atoms with Crippen molar-refractivity contribution in [3.8, 4) is 0 Å². The molecule has 1 heterocycles. The fourth-order valence-electron chi connectivity index (χ4n) is 2.86. The van der Waals surface area contributed by atoms with Gasteiger partial charge in [-0.15, -0.1) is 0 Å². The Morgan fingerprint density at radius 2 is 1.82 bits per heavy atom. The Morgan fingerprint density at radius 1 is 1.18 bits per heavy atom. The Labute approximate surface area is 155 Å². The molecule has 150 valence electrons. The van der Waals surface area contributed by atoms with E-state index in [9.17, 15) is 38.2 Å². The summed E-state index contributed by atoms with van der Waals surface area (Å²) in [6, 6.07) is 4.74. The molecular weight excluding hydrogens is 387 g/mol. The van der Waals surface area contributed by atoms with Crippen LogP contribution in [0.5, 0.6) is 0 Å². The summed E-state index contributed by atoms with van der Waals surface area (Å²) in [6.07, 6.45) is -4.79. The molecule has 0 saturated heterocycles. The number of dihydropyridines is 1. The molecule has 0 radical (unpaired) electrons. The molecule has 1 aliphatic rings. The van der Waals surface area contributed by atoms with Gasteiger partial charge in [-0.05, 0) is 19.4 Å². The van der Waals surface area contributed by atoms with Crippen LogP contribution in [0.25, 0.3) is 0 Å². The molecule has 28 heavy (non-hydrogen) atoms. The standard InChI is InChI=1S/C16H14F3N3O6/c1-8-12(15(23)28-7-16(17,18)19)13(14(22(26)27)9(2)20-8)10-4-3-5-11(6-10)21(24)25/h3-6,13,20H,7H2,1-2H3. The zero-order valence-corrected chi connectivity index (χ0v) is 14.6. The third-order valence-corrected chi connectivity index (χ3v) is 3.92. The Balaban J connectivity index is 2.59. The van der Waals surface area contributed by atoms with E-state index in [1.54, 1.807) is 0 Å². The molecule has 1 N–H and O–H groups in total. The SMILES string of the molecule is CC1=C(C(=O)OCC(F)(F)F)C(c2cccc([N+](=O)[O-])c2)C([N+](=O)[O-])=C(C)N1. The van der Waals surface area contributed by atoms with Gasteiger partial charge in [-0.2, -0.15) is 13.2 Å². The number of carbonyl (C=O) groups excluding carboxylic acids is 1. The quantitative estimate of drug-likeness (QED) is 0.456. The minimum absolute atomic E-state index is 0.0000543. The number of hydrogen-bond donors (Lipinski definition) is 1. The molecule has 9 nitrogen and oxygen atoms in total. The molecule has 0 bridgehead atoms. The average Bonchev–Trinajstić information content (AvgIpc) is 2.58. The number of rotatable bonds is 5. The Kier molecular flexibility index (Phi) is 5.71. The number of ether oxygens (including phenoxy) is 1. The van der Waals surface area contributed by atoms with Crippen LogP contribution in [-0.4, -0.2) is 28.6 Å². The van der Waals surface area contributed by atoms with Crippen molar-refractivity contribution < 1.29 is 32.5 Å². The van der Waals surface area contributed by atoms with Gasteiger partial charge in [0, 0.05) is 17.8 Å². The molecule has 2 rings (SSSR count). The number of nitrogens with one attached hydrogen (secondary N) is 1. The lowest BCUT2D eigenvalue weighted by Crippen LogP contribution is -2.32. The highest BCUT2D eigenvalue weighted by molar-refractivity contribution is 5.92. The molecule has 1 aromatic rings. The van der Waals surface area contributed by atoms with Crippen molar-refractivity contribution in [3.63, 3.8) is 0 Å². The number of esters is 1. The minimum Gasteiger partial charge on any atom is -0.453 e. The van der Waals surface area contributed by atoms with E-state index in [1.807, 2.05) is 0 Å². The van der Waals surface area contributed by atoms with Crippen LogP contribution in [0.4, 0.5) is 18.9 Å². The summed E-state index contributed by atoms with van der Waals surface area (Å²) in [4.78, 5) is 33.4. The van der Waals surface area contributed by atoms with E-state index < -0.39 is 51.5 Å². The molecule has 0 spiro atoms. The average molecular weight is 401 g/mol. The van der Waals surface area contributed by atoms with Crippen molar-refractivity contribution in [1.29, 1.82) is 0 Å². The third-order valence-electron chi connectivity index (χ3n) is 3.92. The summed E-state index contributed by atoms with van der Waals surface area (Å²) in [7, 11) is 0. The first-order chi connectivity index (χ1) is 12.9. The van der Waals surface area contributed by atoms with Gasteiger partial charge in [-0.25, -0.2) is 4.79 Å². The van der Waals surface area contributed by atoms with Crippen molar-refractivity contribution in [2.75, 3.05) is 6.61 Å². The number of non-ortho nitro benzene ring substituents is 1. The molecule has 1 aliphatic heterocycles. The summed E-state index contributed by atoms with van der Waals surface area (Å²) in [5, 5.41) is 25.2. The van der Waals surface area contributed by atoms with E-state index >= 15 is 0 Å². The van der Waals surface area contributed by atoms with E-state index in [-0.39, 0.29) is 17.0 Å². The van der Waals surface area contributed by atoms with Gasteiger partial charge < -0.3 is 10.1 Å². The first-order valence-electron chi connectivity index (χ1n) is 7.73. The van der Waals surface area contributed by atoms with E-state index in [0.29, 0.717) is 0 Å². The van der Waals surface area contributed by atoms with Gasteiger partial charge in [0.15, 0.2) is 6.61 Å². The Bertz CT molecular complexity index is 907. The van der Waals surface area contributed by atoms with Crippen LogP contribution in [0, 0.1) is 20.2 Å². The maximum absolute atomic E-state index is 12.4.